The summed E-state index contributed by atoms with van der Waals surface area (Å²) in [7, 11) is 0. The summed E-state index contributed by atoms with van der Waals surface area (Å²) in [5.74, 6) is -0.881. The molecule has 0 atom stereocenters. The number of nitrogen functional groups attached to an aromatic ring is 1. The standard InChI is InChI=1S/C12H10FN3O/c13-10-2-1-8(7-11(10)14)12(17)16-9-3-5-15-6-4-9/h1-7H,14H2,(H,15,16,17). The van der Waals surface area contributed by atoms with E-state index >= 15 is 0 Å². The van der Waals surface area contributed by atoms with E-state index in [0.717, 1.165) is 6.07 Å². The molecular weight excluding hydrogens is 221 g/mol. The van der Waals surface area contributed by atoms with Crippen LogP contribution in [0.4, 0.5) is 15.8 Å². The van der Waals surface area contributed by atoms with Gasteiger partial charge < -0.3 is 11.1 Å². The lowest BCUT2D eigenvalue weighted by Crippen LogP contribution is -2.12. The summed E-state index contributed by atoms with van der Waals surface area (Å²) in [5, 5.41) is 2.65. The molecular formula is C12H10FN3O. The normalized spacial score (nSPS) is 9.94. The highest BCUT2D eigenvalue weighted by molar-refractivity contribution is 6.04. The van der Waals surface area contributed by atoms with Crippen LogP contribution in [0.2, 0.25) is 0 Å². The Morgan fingerprint density at radius 2 is 1.94 bits per heavy atom. The number of nitrogens with one attached hydrogen (secondary N) is 1. The summed E-state index contributed by atoms with van der Waals surface area (Å²) < 4.78 is 12.9. The van der Waals surface area contributed by atoms with Crippen LogP contribution in [0.25, 0.3) is 0 Å². The fourth-order valence-electron chi connectivity index (χ4n) is 1.32. The third-order valence-electron chi connectivity index (χ3n) is 2.20. The van der Waals surface area contributed by atoms with E-state index in [-0.39, 0.29) is 11.6 Å². The molecule has 0 saturated carbocycles. The summed E-state index contributed by atoms with van der Waals surface area (Å²) in [4.78, 5) is 15.6. The molecule has 0 radical (unpaired) electrons. The Hall–Kier alpha value is -2.43. The van der Waals surface area contributed by atoms with Crippen molar-refractivity contribution in [3.63, 3.8) is 0 Å². The molecule has 0 bridgehead atoms. The van der Waals surface area contributed by atoms with E-state index in [2.05, 4.69) is 10.3 Å². The van der Waals surface area contributed by atoms with Crippen LogP contribution in [0, 0.1) is 5.82 Å². The lowest BCUT2D eigenvalue weighted by atomic mass is 10.2. The second kappa shape index (κ2) is 4.61. The molecule has 5 heteroatoms. The third kappa shape index (κ3) is 2.57. The van der Waals surface area contributed by atoms with E-state index in [1.807, 2.05) is 0 Å². The summed E-state index contributed by atoms with van der Waals surface area (Å²) >= 11 is 0. The number of hydrogen-bond acceptors (Lipinski definition) is 3. The maximum Gasteiger partial charge on any atom is 0.255 e. The molecule has 0 saturated heterocycles. The van der Waals surface area contributed by atoms with Crippen LogP contribution in [0.1, 0.15) is 10.4 Å². The minimum atomic E-state index is -0.537. The number of anilines is 2. The first-order valence-corrected chi connectivity index (χ1v) is 4.93. The molecule has 0 aliphatic heterocycles. The van der Waals surface area contributed by atoms with Gasteiger partial charge in [-0.25, -0.2) is 4.39 Å². The van der Waals surface area contributed by atoms with Gasteiger partial charge in [0.2, 0.25) is 0 Å². The molecule has 1 amide bonds. The largest absolute Gasteiger partial charge is 0.396 e. The zero-order valence-electron chi connectivity index (χ0n) is 8.85. The Bertz CT molecular complexity index is 543. The van der Waals surface area contributed by atoms with E-state index in [1.54, 1.807) is 24.5 Å². The Morgan fingerprint density at radius 1 is 1.24 bits per heavy atom. The topological polar surface area (TPSA) is 68.0 Å². The molecule has 17 heavy (non-hydrogen) atoms. The Morgan fingerprint density at radius 3 is 2.59 bits per heavy atom. The van der Waals surface area contributed by atoms with Crippen molar-refractivity contribution in [1.82, 2.24) is 4.98 Å². The molecule has 1 heterocycles. The van der Waals surface area contributed by atoms with E-state index < -0.39 is 5.82 Å². The molecule has 3 N–H and O–H groups in total. The smallest absolute Gasteiger partial charge is 0.255 e. The lowest BCUT2D eigenvalue weighted by molar-refractivity contribution is 0.102. The van der Waals surface area contributed by atoms with Gasteiger partial charge in [0.05, 0.1) is 5.69 Å². The number of rotatable bonds is 2. The van der Waals surface area contributed by atoms with Crippen LogP contribution in [0.5, 0.6) is 0 Å². The molecule has 2 aromatic rings. The van der Waals surface area contributed by atoms with E-state index in [0.29, 0.717) is 11.3 Å². The van der Waals surface area contributed by atoms with Crippen LogP contribution in [-0.4, -0.2) is 10.9 Å². The number of halogens is 1. The van der Waals surface area contributed by atoms with Gasteiger partial charge in [0.1, 0.15) is 5.82 Å². The SMILES string of the molecule is Nc1cc(C(=O)Nc2ccncc2)ccc1F. The molecule has 0 aliphatic carbocycles. The molecule has 0 unspecified atom stereocenters. The van der Waals surface area contributed by atoms with Crippen LogP contribution in [0.15, 0.2) is 42.7 Å². The van der Waals surface area contributed by atoms with Crippen molar-refractivity contribution in [3.05, 3.63) is 54.1 Å². The number of pyridine rings is 1. The van der Waals surface area contributed by atoms with E-state index in [9.17, 15) is 9.18 Å². The number of aromatic nitrogens is 1. The second-order valence-corrected chi connectivity index (χ2v) is 3.43. The minimum Gasteiger partial charge on any atom is -0.396 e. The van der Waals surface area contributed by atoms with Gasteiger partial charge in [-0.15, -0.1) is 0 Å². The maximum atomic E-state index is 12.9. The quantitative estimate of drug-likeness (QED) is 0.777. The molecule has 1 aromatic carbocycles. The predicted octanol–water partition coefficient (Wildman–Crippen LogP) is 2.06. The fraction of sp³-hybridized carbons (Fsp3) is 0. The highest BCUT2D eigenvalue weighted by atomic mass is 19.1. The second-order valence-electron chi connectivity index (χ2n) is 3.43. The average molecular weight is 231 g/mol. The first kappa shape index (κ1) is 11.1. The number of benzene rings is 1. The molecule has 0 fully saturated rings. The van der Waals surface area contributed by atoms with Gasteiger partial charge in [0.25, 0.3) is 5.91 Å². The molecule has 4 nitrogen and oxygen atoms in total. The summed E-state index contributed by atoms with van der Waals surface area (Å²) in [6.07, 6.45) is 3.13. The summed E-state index contributed by atoms with van der Waals surface area (Å²) in [6.45, 7) is 0. The van der Waals surface area contributed by atoms with Crippen LogP contribution >= 0.6 is 0 Å². The highest BCUT2D eigenvalue weighted by Crippen LogP contribution is 2.14. The van der Waals surface area contributed by atoms with Crippen LogP contribution < -0.4 is 11.1 Å². The zero-order chi connectivity index (χ0) is 12.3. The molecule has 2 rings (SSSR count). The van der Waals surface area contributed by atoms with Gasteiger partial charge >= 0.3 is 0 Å². The Kier molecular flexibility index (Phi) is 3.00. The molecule has 0 aliphatic rings. The van der Waals surface area contributed by atoms with Crippen molar-refractivity contribution >= 4 is 17.3 Å². The van der Waals surface area contributed by atoms with Gasteiger partial charge in [0, 0.05) is 23.6 Å². The number of nitrogens with two attached hydrogens (primary N) is 1. The van der Waals surface area contributed by atoms with Gasteiger partial charge in [-0.2, -0.15) is 0 Å². The number of carbonyl (C=O) groups is 1. The average Bonchev–Trinajstić information content (AvgIpc) is 2.34. The van der Waals surface area contributed by atoms with E-state index in [1.165, 1.54) is 12.1 Å². The van der Waals surface area contributed by atoms with Gasteiger partial charge in [-0.1, -0.05) is 0 Å². The zero-order valence-corrected chi connectivity index (χ0v) is 8.85. The first-order valence-electron chi connectivity index (χ1n) is 4.93. The lowest BCUT2D eigenvalue weighted by Gasteiger charge is -2.05. The number of nitrogens with zero attached hydrogens (tertiary/aromatic N) is 1. The maximum absolute atomic E-state index is 12.9. The highest BCUT2D eigenvalue weighted by Gasteiger charge is 2.08. The summed E-state index contributed by atoms with van der Waals surface area (Å²) in [6, 6.07) is 7.15. The predicted molar refractivity (Wildman–Crippen MR) is 63.0 cm³/mol. The van der Waals surface area contributed by atoms with Gasteiger partial charge in [-0.3, -0.25) is 9.78 Å². The van der Waals surface area contributed by atoms with Crippen molar-refractivity contribution in [2.45, 2.75) is 0 Å². The fourth-order valence-corrected chi connectivity index (χ4v) is 1.32. The number of hydrogen-bond donors (Lipinski definition) is 2. The number of amides is 1. The molecule has 0 spiro atoms. The van der Waals surface area contributed by atoms with Crippen LogP contribution in [0.3, 0.4) is 0 Å². The van der Waals surface area contributed by atoms with Crippen molar-refractivity contribution in [2.24, 2.45) is 0 Å². The Labute approximate surface area is 97.3 Å². The molecule has 1 aromatic heterocycles. The number of carbonyl (C=O) groups excluding carboxylic acids is 1. The monoisotopic (exact) mass is 231 g/mol. The van der Waals surface area contributed by atoms with Crippen molar-refractivity contribution in [2.75, 3.05) is 11.1 Å². The first-order chi connectivity index (χ1) is 8.16. The third-order valence-corrected chi connectivity index (χ3v) is 2.20. The van der Waals surface area contributed by atoms with Crippen LogP contribution in [-0.2, 0) is 0 Å². The van der Waals surface area contributed by atoms with Gasteiger partial charge in [0.15, 0.2) is 0 Å². The van der Waals surface area contributed by atoms with Gasteiger partial charge in [-0.05, 0) is 30.3 Å². The van der Waals surface area contributed by atoms with Crippen molar-refractivity contribution in [1.29, 1.82) is 0 Å². The minimum absolute atomic E-state index is 0.0487. The molecule has 86 valence electrons. The van der Waals surface area contributed by atoms with Crippen molar-refractivity contribution < 1.29 is 9.18 Å². The summed E-state index contributed by atoms with van der Waals surface area (Å²) in [5.41, 5.74) is 6.26. The van der Waals surface area contributed by atoms with E-state index in [4.69, 9.17) is 5.73 Å². The van der Waals surface area contributed by atoms with Crippen molar-refractivity contribution in [3.8, 4) is 0 Å². The Balaban J connectivity index is 2.18.